The molecule has 0 aliphatic carbocycles. The summed E-state index contributed by atoms with van der Waals surface area (Å²) >= 11 is 0. The number of allylic oxidation sites excluding steroid dienone is 1. The Labute approximate surface area is 100 Å². The zero-order chi connectivity index (χ0) is 12.6. The van der Waals surface area contributed by atoms with Crippen LogP contribution in [0.15, 0.2) is 12.2 Å². The Hall–Kier alpha value is -0.790. The molecule has 1 atom stereocenters. The zero-order valence-electron chi connectivity index (χ0n) is 11.4. The van der Waals surface area contributed by atoms with Crippen molar-refractivity contribution in [3.05, 3.63) is 12.2 Å². The van der Waals surface area contributed by atoms with Gasteiger partial charge in [-0.1, -0.05) is 39.3 Å². The molecule has 0 amide bonds. The summed E-state index contributed by atoms with van der Waals surface area (Å²) < 4.78 is 5.23. The van der Waals surface area contributed by atoms with E-state index in [-0.39, 0.29) is 11.4 Å². The van der Waals surface area contributed by atoms with Gasteiger partial charge in [0.25, 0.3) is 0 Å². The Bertz CT molecular complexity index is 229. The van der Waals surface area contributed by atoms with E-state index >= 15 is 0 Å². The second-order valence-corrected chi connectivity index (χ2v) is 5.08. The van der Waals surface area contributed by atoms with Gasteiger partial charge in [0, 0.05) is 0 Å². The first-order chi connectivity index (χ1) is 7.44. The summed E-state index contributed by atoms with van der Waals surface area (Å²) in [5.41, 5.74) is -0.366. The summed E-state index contributed by atoms with van der Waals surface area (Å²) in [5, 5.41) is 0. The predicted octanol–water partition coefficient (Wildman–Crippen LogP) is 3.96. The maximum Gasteiger partial charge on any atom is 0.311 e. The van der Waals surface area contributed by atoms with Crippen LogP contribution in [0.5, 0.6) is 0 Å². The quantitative estimate of drug-likeness (QED) is 0.485. The molecule has 0 rings (SSSR count). The Morgan fingerprint density at radius 2 is 1.94 bits per heavy atom. The number of rotatable bonds is 7. The number of hydrogen-bond donors (Lipinski definition) is 0. The molecule has 2 heteroatoms. The molecule has 0 aromatic rings. The number of ether oxygens (including phenoxy) is 1. The number of carbonyl (C=O) groups is 1. The van der Waals surface area contributed by atoms with E-state index in [4.69, 9.17) is 4.74 Å². The van der Waals surface area contributed by atoms with E-state index in [2.05, 4.69) is 20.8 Å². The Kier molecular flexibility index (Phi) is 7.11. The Balaban J connectivity index is 4.08. The summed E-state index contributed by atoms with van der Waals surface area (Å²) in [5.74, 6) is 0.474. The Morgan fingerprint density at radius 1 is 1.31 bits per heavy atom. The van der Waals surface area contributed by atoms with Gasteiger partial charge in [-0.05, 0) is 32.6 Å². The van der Waals surface area contributed by atoms with Crippen LogP contribution in [0.25, 0.3) is 0 Å². The number of esters is 1. The first-order valence-electron chi connectivity index (χ1n) is 6.26. The highest BCUT2D eigenvalue weighted by molar-refractivity contribution is 5.75. The predicted molar refractivity (Wildman–Crippen MR) is 68.2 cm³/mol. The minimum Gasteiger partial charge on any atom is -0.461 e. The van der Waals surface area contributed by atoms with Gasteiger partial charge in [0.1, 0.15) is 6.61 Å². The molecular formula is C14H26O2. The molecule has 0 aromatic carbocycles. The summed E-state index contributed by atoms with van der Waals surface area (Å²) in [4.78, 5) is 11.8. The maximum absolute atomic E-state index is 11.8. The van der Waals surface area contributed by atoms with Crippen LogP contribution < -0.4 is 0 Å². The fourth-order valence-electron chi connectivity index (χ4n) is 1.65. The summed E-state index contributed by atoms with van der Waals surface area (Å²) in [6.07, 6.45) is 6.88. The third-order valence-corrected chi connectivity index (χ3v) is 2.82. The lowest BCUT2D eigenvalue weighted by Gasteiger charge is -2.25. The van der Waals surface area contributed by atoms with Crippen LogP contribution in [0.2, 0.25) is 0 Å². The molecule has 0 aliphatic heterocycles. The molecular weight excluding hydrogens is 200 g/mol. The van der Waals surface area contributed by atoms with Crippen LogP contribution >= 0.6 is 0 Å². The highest BCUT2D eigenvalue weighted by Gasteiger charge is 2.30. The van der Waals surface area contributed by atoms with Gasteiger partial charge in [0.15, 0.2) is 0 Å². The first kappa shape index (κ1) is 15.2. The fourth-order valence-corrected chi connectivity index (χ4v) is 1.65. The van der Waals surface area contributed by atoms with Gasteiger partial charge in [0.05, 0.1) is 5.41 Å². The van der Waals surface area contributed by atoms with Crippen LogP contribution in [0.4, 0.5) is 0 Å². The minimum absolute atomic E-state index is 0.0893. The molecule has 0 aromatic heterocycles. The molecule has 1 unspecified atom stereocenters. The van der Waals surface area contributed by atoms with Crippen LogP contribution in [0.1, 0.15) is 53.9 Å². The molecule has 2 nitrogen and oxygen atoms in total. The second kappa shape index (κ2) is 7.48. The van der Waals surface area contributed by atoms with E-state index in [0.29, 0.717) is 12.5 Å². The van der Waals surface area contributed by atoms with Crippen molar-refractivity contribution in [2.75, 3.05) is 6.61 Å². The van der Waals surface area contributed by atoms with Crippen LogP contribution in [-0.4, -0.2) is 12.6 Å². The summed E-state index contributed by atoms with van der Waals surface area (Å²) in [7, 11) is 0. The molecule has 0 fully saturated rings. The molecule has 0 radical (unpaired) electrons. The molecule has 0 aliphatic rings. The molecule has 16 heavy (non-hydrogen) atoms. The standard InChI is InChI=1S/C14H26O2/c1-6-8-9-10-16-13(15)14(4,5)11-12(3)7-2/h8-9,12H,6-7,10-11H2,1-5H3. The van der Waals surface area contributed by atoms with Gasteiger partial charge in [-0.25, -0.2) is 0 Å². The van der Waals surface area contributed by atoms with Crippen molar-refractivity contribution in [3.8, 4) is 0 Å². The van der Waals surface area contributed by atoms with Gasteiger partial charge in [0.2, 0.25) is 0 Å². The van der Waals surface area contributed by atoms with E-state index in [1.165, 1.54) is 0 Å². The van der Waals surface area contributed by atoms with Gasteiger partial charge < -0.3 is 4.74 Å². The molecule has 0 N–H and O–H groups in total. The van der Waals surface area contributed by atoms with Crippen molar-refractivity contribution >= 4 is 5.97 Å². The van der Waals surface area contributed by atoms with Crippen molar-refractivity contribution in [2.24, 2.45) is 11.3 Å². The van der Waals surface area contributed by atoms with Crippen LogP contribution in [0, 0.1) is 11.3 Å². The lowest BCUT2D eigenvalue weighted by molar-refractivity contribution is -0.153. The van der Waals surface area contributed by atoms with Gasteiger partial charge in [-0.15, -0.1) is 0 Å². The second-order valence-electron chi connectivity index (χ2n) is 5.08. The maximum atomic E-state index is 11.8. The highest BCUT2D eigenvalue weighted by atomic mass is 16.5. The smallest absolute Gasteiger partial charge is 0.311 e. The lowest BCUT2D eigenvalue weighted by Crippen LogP contribution is -2.28. The SMILES string of the molecule is CCC=CCOC(=O)C(C)(C)CC(C)CC. The number of hydrogen-bond acceptors (Lipinski definition) is 2. The van der Waals surface area contributed by atoms with Crippen molar-refractivity contribution < 1.29 is 9.53 Å². The van der Waals surface area contributed by atoms with E-state index in [1.54, 1.807) is 0 Å². The summed E-state index contributed by atoms with van der Waals surface area (Å²) in [6.45, 7) is 10.7. The molecule has 0 spiro atoms. The zero-order valence-corrected chi connectivity index (χ0v) is 11.4. The monoisotopic (exact) mass is 226 g/mol. The third-order valence-electron chi connectivity index (χ3n) is 2.82. The van der Waals surface area contributed by atoms with Crippen LogP contribution in [0.3, 0.4) is 0 Å². The third kappa shape index (κ3) is 5.94. The average Bonchev–Trinajstić information content (AvgIpc) is 2.23. The van der Waals surface area contributed by atoms with Crippen molar-refractivity contribution in [1.82, 2.24) is 0 Å². The molecule has 0 bridgehead atoms. The summed E-state index contributed by atoms with van der Waals surface area (Å²) in [6, 6.07) is 0. The highest BCUT2D eigenvalue weighted by Crippen LogP contribution is 2.28. The van der Waals surface area contributed by atoms with Gasteiger partial charge in [-0.2, -0.15) is 0 Å². The molecule has 94 valence electrons. The van der Waals surface area contributed by atoms with E-state index < -0.39 is 0 Å². The molecule has 0 heterocycles. The minimum atomic E-state index is -0.366. The topological polar surface area (TPSA) is 26.3 Å². The normalized spacial score (nSPS) is 14.1. The van der Waals surface area contributed by atoms with E-state index in [0.717, 1.165) is 19.3 Å². The van der Waals surface area contributed by atoms with Gasteiger partial charge >= 0.3 is 5.97 Å². The van der Waals surface area contributed by atoms with Gasteiger partial charge in [-0.3, -0.25) is 4.79 Å². The Morgan fingerprint density at radius 3 is 2.44 bits per heavy atom. The lowest BCUT2D eigenvalue weighted by atomic mass is 9.82. The van der Waals surface area contributed by atoms with Crippen LogP contribution in [-0.2, 0) is 9.53 Å². The number of carbonyl (C=O) groups excluding carboxylic acids is 1. The van der Waals surface area contributed by atoms with Crippen molar-refractivity contribution in [2.45, 2.75) is 53.9 Å². The van der Waals surface area contributed by atoms with E-state index in [1.807, 2.05) is 26.0 Å². The fraction of sp³-hybridized carbons (Fsp3) is 0.786. The van der Waals surface area contributed by atoms with Crippen molar-refractivity contribution in [1.29, 1.82) is 0 Å². The first-order valence-corrected chi connectivity index (χ1v) is 6.26. The van der Waals surface area contributed by atoms with E-state index in [9.17, 15) is 4.79 Å². The largest absolute Gasteiger partial charge is 0.461 e. The molecule has 0 saturated heterocycles. The average molecular weight is 226 g/mol. The van der Waals surface area contributed by atoms with Crippen molar-refractivity contribution in [3.63, 3.8) is 0 Å². The molecule has 0 saturated carbocycles.